The number of nitrogens with zero attached hydrogens (tertiary/aromatic N) is 3. The third-order valence-electron chi connectivity index (χ3n) is 6.68. The van der Waals surface area contributed by atoms with Crippen LogP contribution in [0.3, 0.4) is 0 Å². The van der Waals surface area contributed by atoms with Gasteiger partial charge in [0.05, 0.1) is 11.4 Å². The van der Waals surface area contributed by atoms with Crippen LogP contribution in [0.15, 0.2) is 67.8 Å². The number of rotatable bonds is 10. The average Bonchev–Trinajstić information content (AvgIpc) is 3.24. The minimum atomic E-state index is -0.0238. The Balaban J connectivity index is 1.98. The largest absolute Gasteiger partial charge is 0.468 e. The van der Waals surface area contributed by atoms with Crippen molar-refractivity contribution < 1.29 is 9.47 Å². The molecular formula is C29H35N3O2. The van der Waals surface area contributed by atoms with E-state index in [-0.39, 0.29) is 12.2 Å². The number of ether oxygens (including phenoxy) is 2. The maximum Gasteiger partial charge on any atom is 0.188 e. The Labute approximate surface area is 203 Å². The lowest BCUT2D eigenvalue weighted by molar-refractivity contribution is 0.0511. The summed E-state index contributed by atoms with van der Waals surface area (Å²) in [5, 5.41) is 0. The van der Waals surface area contributed by atoms with E-state index in [0.29, 0.717) is 6.54 Å². The van der Waals surface area contributed by atoms with Crippen LogP contribution in [-0.4, -0.2) is 28.4 Å². The molecule has 0 unspecified atom stereocenters. The summed E-state index contributed by atoms with van der Waals surface area (Å²) in [5.74, 6) is 1.87. The molecule has 0 radical (unpaired) electrons. The van der Waals surface area contributed by atoms with Gasteiger partial charge in [0.2, 0.25) is 0 Å². The van der Waals surface area contributed by atoms with Gasteiger partial charge in [0.1, 0.15) is 17.3 Å². The molecule has 3 aromatic rings. The second kappa shape index (κ2) is 10.8. The third kappa shape index (κ3) is 4.85. The van der Waals surface area contributed by atoms with Gasteiger partial charge >= 0.3 is 0 Å². The van der Waals surface area contributed by atoms with E-state index >= 15 is 0 Å². The average molecular weight is 458 g/mol. The van der Waals surface area contributed by atoms with E-state index in [1.165, 1.54) is 19.3 Å². The predicted molar refractivity (Wildman–Crippen MR) is 138 cm³/mol. The van der Waals surface area contributed by atoms with Crippen molar-refractivity contribution in [1.29, 1.82) is 0 Å². The second-order valence-electron chi connectivity index (χ2n) is 9.11. The highest BCUT2D eigenvalue weighted by Gasteiger charge is 2.38. The van der Waals surface area contributed by atoms with Crippen molar-refractivity contribution in [1.82, 2.24) is 14.5 Å². The molecule has 0 N–H and O–H groups in total. The van der Waals surface area contributed by atoms with Gasteiger partial charge in [-0.2, -0.15) is 0 Å². The van der Waals surface area contributed by atoms with Gasteiger partial charge < -0.3 is 14.0 Å². The fourth-order valence-electron chi connectivity index (χ4n) is 5.19. The molecule has 0 bridgehead atoms. The van der Waals surface area contributed by atoms with Crippen LogP contribution >= 0.6 is 0 Å². The van der Waals surface area contributed by atoms with E-state index < -0.39 is 0 Å². The van der Waals surface area contributed by atoms with E-state index in [4.69, 9.17) is 19.4 Å². The Morgan fingerprint density at radius 3 is 2.53 bits per heavy atom. The molecule has 5 heteroatoms. The summed E-state index contributed by atoms with van der Waals surface area (Å²) in [6, 6.07) is 14.2. The van der Waals surface area contributed by atoms with Gasteiger partial charge in [-0.1, -0.05) is 49.6 Å². The number of methoxy groups -OCH3 is 1. The number of pyridine rings is 1. The number of imidazole rings is 1. The topological polar surface area (TPSA) is 49.2 Å². The fraction of sp³-hybridized carbons (Fsp3) is 0.379. The highest BCUT2D eigenvalue weighted by Crippen LogP contribution is 2.45. The zero-order valence-electron chi connectivity index (χ0n) is 20.4. The van der Waals surface area contributed by atoms with Crippen LogP contribution in [0.1, 0.15) is 50.0 Å². The molecule has 0 amide bonds. The van der Waals surface area contributed by atoms with Gasteiger partial charge in [-0.05, 0) is 50.5 Å². The Hall–Kier alpha value is -3.18. The van der Waals surface area contributed by atoms with Crippen LogP contribution in [0.25, 0.3) is 22.6 Å². The monoisotopic (exact) mass is 457 g/mol. The van der Waals surface area contributed by atoms with Gasteiger partial charge in [0.25, 0.3) is 0 Å². The maximum atomic E-state index is 5.76. The highest BCUT2D eigenvalue weighted by atomic mass is 16.7. The zero-order valence-corrected chi connectivity index (χ0v) is 20.4. The predicted octanol–water partition coefficient (Wildman–Crippen LogP) is 6.87. The molecule has 1 aliphatic rings. The molecule has 1 aromatic carbocycles. The summed E-state index contributed by atoms with van der Waals surface area (Å²) in [4.78, 5) is 10.2. The first-order valence-electron chi connectivity index (χ1n) is 12.1. The first kappa shape index (κ1) is 24.0. The minimum absolute atomic E-state index is 0.0238. The van der Waals surface area contributed by atoms with Crippen LogP contribution in [0.4, 0.5) is 0 Å². The van der Waals surface area contributed by atoms with Crippen molar-refractivity contribution >= 4 is 0 Å². The molecule has 1 fully saturated rings. The van der Waals surface area contributed by atoms with Crippen LogP contribution in [0.2, 0.25) is 0 Å². The molecule has 2 heterocycles. The van der Waals surface area contributed by atoms with Gasteiger partial charge in [-0.25, -0.2) is 4.98 Å². The first-order valence-corrected chi connectivity index (χ1v) is 12.1. The second-order valence-corrected chi connectivity index (χ2v) is 9.11. The van der Waals surface area contributed by atoms with Crippen molar-refractivity contribution in [2.45, 2.75) is 57.4 Å². The number of benzene rings is 1. The molecule has 4 rings (SSSR count). The highest BCUT2D eigenvalue weighted by molar-refractivity contribution is 5.78. The summed E-state index contributed by atoms with van der Waals surface area (Å²) < 4.78 is 13.2. The molecule has 0 aliphatic heterocycles. The Morgan fingerprint density at radius 1 is 1.03 bits per heavy atom. The molecular weight excluding hydrogens is 422 g/mol. The lowest BCUT2D eigenvalue weighted by Crippen LogP contribution is -2.32. The van der Waals surface area contributed by atoms with Gasteiger partial charge in [0.15, 0.2) is 6.79 Å². The maximum absolute atomic E-state index is 5.76. The standard InChI is InChI=1S/C29H35N3O2/c1-5-16-29(17-8-7-9-18-29)28-31-26(25-15-10-12-22(3)30-25)27(32(28)19-6-2)23-13-11-14-24(20-23)34-21-33-4/h5-6,10-15,20H,1-2,7-9,16-19,21H2,3-4H3. The van der Waals surface area contributed by atoms with E-state index in [2.05, 4.69) is 35.9 Å². The summed E-state index contributed by atoms with van der Waals surface area (Å²) in [6.07, 6.45) is 10.9. The number of aryl methyl sites for hydroxylation is 1. The molecule has 2 aromatic heterocycles. The van der Waals surface area contributed by atoms with Crippen molar-refractivity contribution in [2.24, 2.45) is 0 Å². The van der Waals surface area contributed by atoms with E-state index in [0.717, 1.165) is 59.2 Å². The zero-order chi connectivity index (χ0) is 24.0. The molecule has 1 aliphatic carbocycles. The summed E-state index contributed by atoms with van der Waals surface area (Å²) in [6.45, 7) is 11.1. The third-order valence-corrected chi connectivity index (χ3v) is 6.68. The van der Waals surface area contributed by atoms with Crippen LogP contribution in [-0.2, 0) is 16.7 Å². The molecule has 0 spiro atoms. The van der Waals surface area contributed by atoms with Gasteiger partial charge in [-0.3, -0.25) is 4.98 Å². The Bertz CT molecular complexity index is 1140. The normalized spacial score (nSPS) is 15.1. The van der Waals surface area contributed by atoms with Crippen molar-refractivity contribution in [3.63, 3.8) is 0 Å². The van der Waals surface area contributed by atoms with Gasteiger partial charge in [0, 0.05) is 30.3 Å². The minimum Gasteiger partial charge on any atom is -0.468 e. The van der Waals surface area contributed by atoms with Crippen LogP contribution in [0.5, 0.6) is 5.75 Å². The van der Waals surface area contributed by atoms with Crippen molar-refractivity contribution in [3.8, 4) is 28.4 Å². The number of aromatic nitrogens is 3. The van der Waals surface area contributed by atoms with E-state index in [1.54, 1.807) is 7.11 Å². The SMILES string of the molecule is C=CCn1c(C2(CC=C)CCCCC2)nc(-c2cccc(C)n2)c1-c1cccc(OCOC)c1. The Kier molecular flexibility index (Phi) is 7.63. The molecule has 1 saturated carbocycles. The van der Waals surface area contributed by atoms with Crippen LogP contribution < -0.4 is 4.74 Å². The lowest BCUT2D eigenvalue weighted by Gasteiger charge is -2.36. The van der Waals surface area contributed by atoms with Crippen molar-refractivity contribution in [2.75, 3.05) is 13.9 Å². The van der Waals surface area contributed by atoms with Crippen molar-refractivity contribution in [3.05, 3.63) is 79.3 Å². The summed E-state index contributed by atoms with van der Waals surface area (Å²) >= 11 is 0. The Morgan fingerprint density at radius 2 is 1.82 bits per heavy atom. The summed E-state index contributed by atoms with van der Waals surface area (Å²) in [7, 11) is 1.63. The molecule has 178 valence electrons. The summed E-state index contributed by atoms with van der Waals surface area (Å²) in [5.41, 5.74) is 4.82. The quantitative estimate of drug-likeness (QED) is 0.246. The number of hydrogen-bond donors (Lipinski definition) is 0. The molecule has 0 saturated heterocycles. The number of allylic oxidation sites excluding steroid dienone is 2. The smallest absolute Gasteiger partial charge is 0.188 e. The number of hydrogen-bond acceptors (Lipinski definition) is 4. The molecule has 5 nitrogen and oxygen atoms in total. The first-order chi connectivity index (χ1) is 16.6. The van der Waals surface area contributed by atoms with Crippen LogP contribution in [0, 0.1) is 6.92 Å². The van der Waals surface area contributed by atoms with E-state index in [1.807, 2.05) is 43.3 Å². The lowest BCUT2D eigenvalue weighted by atomic mass is 9.71. The molecule has 0 atom stereocenters. The van der Waals surface area contributed by atoms with E-state index in [9.17, 15) is 0 Å². The van der Waals surface area contributed by atoms with Gasteiger partial charge in [-0.15, -0.1) is 13.2 Å². The fourth-order valence-corrected chi connectivity index (χ4v) is 5.19. The molecule has 34 heavy (non-hydrogen) atoms.